The van der Waals surface area contributed by atoms with E-state index in [0.717, 1.165) is 24.1 Å². The standard InChI is InChI=1S/C40H42ClFN8O7/c1-39(2)37(40(3,4)38(39)57-23-7-6-22(19-43)26(41)16-23)50-32(51)9-8-29(36(50)55)49-34(53)24-17-27(42)30(18-25(24)35(49)54)56-15-5-10-47-11-13-48(14-12-47)31-21-45-28(20-46-31)33(44)52/h6-7,16-18,20-21,29,37-38H,5,8-15H2,1-4H3,(H2,44,52). The molecule has 1 atom stereocenters. The van der Waals surface area contributed by atoms with E-state index in [-0.39, 0.29) is 47.0 Å². The van der Waals surface area contributed by atoms with E-state index < -0.39 is 64.4 Å². The molecule has 0 bridgehead atoms. The second-order valence-corrected chi connectivity index (χ2v) is 16.3. The van der Waals surface area contributed by atoms with Gasteiger partial charge >= 0.3 is 0 Å². The molecule has 15 nitrogen and oxygen atoms in total. The average Bonchev–Trinajstić information content (AvgIpc) is 3.41. The van der Waals surface area contributed by atoms with Crippen LogP contribution >= 0.6 is 11.6 Å². The number of nitrogens with zero attached hydrogens (tertiary/aromatic N) is 7. The molecule has 1 saturated carbocycles. The molecule has 5 amide bonds. The van der Waals surface area contributed by atoms with Crippen molar-refractivity contribution >= 4 is 47.0 Å². The topological polar surface area (TPSA) is 192 Å². The SMILES string of the molecule is CC1(C)C(Oc2ccc(C#N)c(Cl)c2)C(C)(C)C1N1C(=O)CCC(N2C(=O)c3cc(F)c(OCCCN4CCN(c5cnc(C(N)=O)cn5)CC4)cc3C2=O)C1=O. The maximum atomic E-state index is 15.3. The number of amides is 5. The van der Waals surface area contributed by atoms with Gasteiger partial charge in [-0.3, -0.25) is 38.7 Å². The Labute approximate surface area is 333 Å². The molecule has 1 unspecified atom stereocenters. The molecule has 57 heavy (non-hydrogen) atoms. The summed E-state index contributed by atoms with van der Waals surface area (Å²) in [5, 5.41) is 9.48. The Bertz CT molecular complexity index is 2190. The van der Waals surface area contributed by atoms with Gasteiger partial charge in [-0.15, -0.1) is 0 Å². The van der Waals surface area contributed by atoms with Crippen LogP contribution < -0.4 is 20.1 Å². The second-order valence-electron chi connectivity index (χ2n) is 15.9. The zero-order chi connectivity index (χ0) is 41.0. The molecule has 298 valence electrons. The summed E-state index contributed by atoms with van der Waals surface area (Å²) in [6, 6.07) is 7.00. The molecule has 3 aliphatic heterocycles. The molecule has 3 fully saturated rings. The average molecular weight is 801 g/mol. The van der Waals surface area contributed by atoms with Crippen LogP contribution in [0, 0.1) is 28.0 Å². The van der Waals surface area contributed by atoms with Crippen molar-refractivity contribution in [1.82, 2.24) is 24.7 Å². The summed E-state index contributed by atoms with van der Waals surface area (Å²) < 4.78 is 27.4. The van der Waals surface area contributed by atoms with Gasteiger partial charge in [0.05, 0.1) is 46.8 Å². The molecule has 0 radical (unpaired) electrons. The summed E-state index contributed by atoms with van der Waals surface area (Å²) in [7, 11) is 0. The maximum Gasteiger partial charge on any atom is 0.268 e. The monoisotopic (exact) mass is 800 g/mol. The van der Waals surface area contributed by atoms with Crippen molar-refractivity contribution < 1.29 is 37.8 Å². The number of carbonyl (C=O) groups excluding carboxylic acids is 5. The van der Waals surface area contributed by atoms with Gasteiger partial charge in [-0.2, -0.15) is 5.26 Å². The highest BCUT2D eigenvalue weighted by Crippen LogP contribution is 2.58. The maximum absolute atomic E-state index is 15.3. The number of piperidine rings is 1. The zero-order valence-corrected chi connectivity index (χ0v) is 32.7. The van der Waals surface area contributed by atoms with Crippen LogP contribution in [0.3, 0.4) is 0 Å². The summed E-state index contributed by atoms with van der Waals surface area (Å²) in [5.41, 5.74) is 3.86. The van der Waals surface area contributed by atoms with Crippen molar-refractivity contribution in [2.75, 3.05) is 44.2 Å². The molecule has 7 rings (SSSR count). The second kappa shape index (κ2) is 15.0. The van der Waals surface area contributed by atoms with Crippen LogP contribution in [-0.2, 0) is 9.59 Å². The number of aromatic nitrogens is 2. The van der Waals surface area contributed by atoms with Crippen LogP contribution in [-0.4, -0.2) is 112 Å². The van der Waals surface area contributed by atoms with Crippen molar-refractivity contribution in [3.8, 4) is 17.6 Å². The molecular formula is C40H42ClFN8O7. The number of nitrogens with two attached hydrogens (primary N) is 1. The van der Waals surface area contributed by atoms with E-state index in [1.807, 2.05) is 33.8 Å². The first-order chi connectivity index (χ1) is 27.0. The minimum absolute atomic E-state index is 0.0635. The summed E-state index contributed by atoms with van der Waals surface area (Å²) in [6.45, 7) is 11.2. The number of ether oxygens (including phenoxy) is 2. The third-order valence-electron chi connectivity index (χ3n) is 11.5. The first-order valence-corrected chi connectivity index (χ1v) is 19.1. The zero-order valence-electron chi connectivity index (χ0n) is 32.0. The number of hydrogen-bond acceptors (Lipinski definition) is 12. The predicted octanol–water partition coefficient (Wildman–Crippen LogP) is 3.83. The van der Waals surface area contributed by atoms with Crippen LogP contribution in [0.25, 0.3) is 0 Å². The minimum atomic E-state index is -1.27. The molecule has 4 aliphatic rings. The Morgan fingerprint density at radius 1 is 0.982 bits per heavy atom. The molecule has 1 aromatic heterocycles. The van der Waals surface area contributed by atoms with Crippen molar-refractivity contribution in [3.63, 3.8) is 0 Å². The van der Waals surface area contributed by atoms with Gasteiger partial charge in [0.25, 0.3) is 23.6 Å². The summed E-state index contributed by atoms with van der Waals surface area (Å²) in [4.78, 5) is 81.2. The van der Waals surface area contributed by atoms with Crippen LogP contribution in [0.2, 0.25) is 5.02 Å². The highest BCUT2D eigenvalue weighted by molar-refractivity contribution is 6.31. The van der Waals surface area contributed by atoms with Crippen LogP contribution in [0.15, 0.2) is 42.7 Å². The van der Waals surface area contributed by atoms with Gasteiger partial charge in [0.2, 0.25) is 5.91 Å². The molecule has 3 aromatic rings. The Hall–Kier alpha value is -5.66. The van der Waals surface area contributed by atoms with Crippen molar-refractivity contribution in [3.05, 3.63) is 75.9 Å². The number of primary amides is 1. The summed E-state index contributed by atoms with van der Waals surface area (Å²) in [5.74, 6) is -3.23. The Morgan fingerprint density at radius 3 is 2.28 bits per heavy atom. The molecule has 2 saturated heterocycles. The van der Waals surface area contributed by atoms with E-state index in [4.69, 9.17) is 26.8 Å². The van der Waals surface area contributed by atoms with E-state index in [1.54, 1.807) is 18.2 Å². The quantitative estimate of drug-likeness (QED) is 0.218. The number of carbonyl (C=O) groups is 5. The molecule has 4 heterocycles. The minimum Gasteiger partial charge on any atom is -0.490 e. The Morgan fingerprint density at radius 2 is 1.67 bits per heavy atom. The number of benzene rings is 2. The number of imide groups is 2. The normalized spacial score (nSPS) is 22.9. The fourth-order valence-corrected chi connectivity index (χ4v) is 9.32. The first-order valence-electron chi connectivity index (χ1n) is 18.7. The number of halogens is 2. The molecule has 1 aliphatic carbocycles. The smallest absolute Gasteiger partial charge is 0.268 e. The fourth-order valence-electron chi connectivity index (χ4n) is 9.11. The van der Waals surface area contributed by atoms with E-state index in [0.29, 0.717) is 43.2 Å². The van der Waals surface area contributed by atoms with Crippen molar-refractivity contribution in [2.45, 2.75) is 65.1 Å². The van der Waals surface area contributed by atoms with Gasteiger partial charge in [0.1, 0.15) is 35.5 Å². The lowest BCUT2D eigenvalue weighted by molar-refractivity contribution is -0.216. The highest BCUT2D eigenvalue weighted by atomic mass is 35.5. The van der Waals surface area contributed by atoms with E-state index >= 15 is 4.39 Å². The molecule has 17 heteroatoms. The predicted molar refractivity (Wildman–Crippen MR) is 203 cm³/mol. The molecule has 2 N–H and O–H groups in total. The molecular weight excluding hydrogens is 759 g/mol. The fraction of sp³-hybridized carbons (Fsp3) is 0.450. The third kappa shape index (κ3) is 7.03. The molecule has 2 aromatic carbocycles. The summed E-state index contributed by atoms with van der Waals surface area (Å²) >= 11 is 6.24. The van der Waals surface area contributed by atoms with E-state index in [9.17, 15) is 29.2 Å². The van der Waals surface area contributed by atoms with Crippen molar-refractivity contribution in [1.29, 1.82) is 5.26 Å². The van der Waals surface area contributed by atoms with Gasteiger partial charge in [0, 0.05) is 56.0 Å². The van der Waals surface area contributed by atoms with Gasteiger partial charge in [-0.25, -0.2) is 14.4 Å². The molecule has 0 spiro atoms. The Balaban J connectivity index is 0.971. The van der Waals surface area contributed by atoms with E-state index in [2.05, 4.69) is 19.8 Å². The van der Waals surface area contributed by atoms with E-state index in [1.165, 1.54) is 23.4 Å². The third-order valence-corrected chi connectivity index (χ3v) is 11.8. The summed E-state index contributed by atoms with van der Waals surface area (Å²) in [6.07, 6.45) is 2.81. The van der Waals surface area contributed by atoms with Crippen LogP contribution in [0.1, 0.15) is 83.7 Å². The Kier molecular flexibility index (Phi) is 10.4. The first kappa shape index (κ1) is 39.6. The van der Waals surface area contributed by atoms with Gasteiger partial charge in [-0.05, 0) is 37.1 Å². The number of piperazine rings is 1. The number of likely N-dealkylation sites (tertiary alicyclic amines) is 1. The number of fused-ring (bicyclic) bond motifs is 1. The van der Waals surface area contributed by atoms with Crippen molar-refractivity contribution in [2.24, 2.45) is 16.6 Å². The van der Waals surface area contributed by atoms with Gasteiger partial charge in [0.15, 0.2) is 11.6 Å². The number of hydrogen-bond donors (Lipinski definition) is 1. The highest BCUT2D eigenvalue weighted by Gasteiger charge is 2.68. The van der Waals surface area contributed by atoms with Gasteiger partial charge in [-0.1, -0.05) is 39.3 Å². The lowest BCUT2D eigenvalue weighted by Gasteiger charge is -2.65. The number of anilines is 1. The van der Waals surface area contributed by atoms with Gasteiger partial charge < -0.3 is 20.1 Å². The number of nitriles is 1. The lowest BCUT2D eigenvalue weighted by Crippen LogP contribution is -2.77. The largest absolute Gasteiger partial charge is 0.490 e. The lowest BCUT2D eigenvalue weighted by atomic mass is 9.48. The van der Waals surface area contributed by atoms with Crippen LogP contribution in [0.4, 0.5) is 10.2 Å². The number of rotatable bonds is 11. The van der Waals surface area contributed by atoms with Crippen LogP contribution in [0.5, 0.6) is 11.5 Å².